The van der Waals surface area contributed by atoms with Crippen LogP contribution in [-0.2, 0) is 14.3 Å². The summed E-state index contributed by atoms with van der Waals surface area (Å²) < 4.78 is 5.10. The number of carbonyl (C=O) groups excluding carboxylic acids is 2. The predicted molar refractivity (Wildman–Crippen MR) is 74.1 cm³/mol. The van der Waals surface area contributed by atoms with E-state index in [4.69, 9.17) is 4.74 Å². The second-order valence-electron chi connectivity index (χ2n) is 4.14. The number of hydrogen-bond donors (Lipinski definition) is 1. The molecule has 102 valence electrons. The first-order valence-electron chi connectivity index (χ1n) is 6.35. The SMILES string of the molecule is CCCCOC(=O)C(=Cc1ccccc1)NC(C)=O. The summed E-state index contributed by atoms with van der Waals surface area (Å²) in [5, 5.41) is 2.50. The summed E-state index contributed by atoms with van der Waals surface area (Å²) in [5.74, 6) is -0.804. The zero-order valence-corrected chi connectivity index (χ0v) is 11.3. The van der Waals surface area contributed by atoms with Gasteiger partial charge in [-0.3, -0.25) is 4.79 Å². The Morgan fingerprint density at radius 3 is 2.53 bits per heavy atom. The highest BCUT2D eigenvalue weighted by atomic mass is 16.5. The maximum absolute atomic E-state index is 11.9. The Bertz CT molecular complexity index is 452. The number of ether oxygens (including phenoxy) is 1. The van der Waals surface area contributed by atoms with E-state index >= 15 is 0 Å². The molecule has 1 rings (SSSR count). The van der Waals surface area contributed by atoms with Gasteiger partial charge in [0, 0.05) is 6.92 Å². The molecule has 0 aliphatic heterocycles. The number of hydrogen-bond acceptors (Lipinski definition) is 3. The van der Waals surface area contributed by atoms with Crippen LogP contribution >= 0.6 is 0 Å². The highest BCUT2D eigenvalue weighted by molar-refractivity contribution is 5.97. The highest BCUT2D eigenvalue weighted by Gasteiger charge is 2.12. The Morgan fingerprint density at radius 2 is 1.95 bits per heavy atom. The quantitative estimate of drug-likeness (QED) is 0.486. The molecule has 0 atom stereocenters. The smallest absolute Gasteiger partial charge is 0.354 e. The number of benzene rings is 1. The van der Waals surface area contributed by atoms with Crippen molar-refractivity contribution in [2.24, 2.45) is 0 Å². The summed E-state index contributed by atoms with van der Waals surface area (Å²) in [6, 6.07) is 9.30. The van der Waals surface area contributed by atoms with E-state index in [0.717, 1.165) is 18.4 Å². The molecule has 0 fully saturated rings. The Balaban J connectivity index is 2.79. The van der Waals surface area contributed by atoms with E-state index in [9.17, 15) is 9.59 Å². The number of nitrogens with one attached hydrogen (secondary N) is 1. The van der Waals surface area contributed by atoms with Crippen molar-refractivity contribution in [3.05, 3.63) is 41.6 Å². The Kier molecular flexibility index (Phi) is 6.36. The monoisotopic (exact) mass is 261 g/mol. The Morgan fingerprint density at radius 1 is 1.26 bits per heavy atom. The molecule has 19 heavy (non-hydrogen) atoms. The minimum atomic E-state index is -0.507. The number of amides is 1. The molecule has 1 N–H and O–H groups in total. The Labute approximate surface area is 113 Å². The molecular formula is C15H19NO3. The fourth-order valence-corrected chi connectivity index (χ4v) is 1.44. The van der Waals surface area contributed by atoms with Crippen LogP contribution in [0.3, 0.4) is 0 Å². The van der Waals surface area contributed by atoms with E-state index in [1.54, 1.807) is 6.08 Å². The molecule has 0 bridgehead atoms. The molecule has 4 heteroatoms. The molecule has 1 aromatic rings. The predicted octanol–water partition coefficient (Wildman–Crippen LogP) is 2.51. The van der Waals surface area contributed by atoms with Crippen molar-refractivity contribution in [1.82, 2.24) is 5.32 Å². The second kappa shape index (κ2) is 8.08. The zero-order valence-electron chi connectivity index (χ0n) is 11.3. The summed E-state index contributed by atoms with van der Waals surface area (Å²) >= 11 is 0. The van der Waals surface area contributed by atoms with Gasteiger partial charge in [0.2, 0.25) is 5.91 Å². The number of carbonyl (C=O) groups is 2. The molecule has 0 radical (unpaired) electrons. The minimum Gasteiger partial charge on any atom is -0.461 e. The molecule has 0 saturated carbocycles. The van der Waals surface area contributed by atoms with Crippen LogP contribution in [0, 0.1) is 0 Å². The molecule has 0 aliphatic rings. The highest BCUT2D eigenvalue weighted by Crippen LogP contribution is 2.06. The standard InChI is InChI=1S/C15H19NO3/c1-3-4-10-19-15(18)14(16-12(2)17)11-13-8-6-5-7-9-13/h5-9,11H,3-4,10H2,1-2H3,(H,16,17). The van der Waals surface area contributed by atoms with Crippen LogP contribution in [0.4, 0.5) is 0 Å². The first-order chi connectivity index (χ1) is 9.13. The van der Waals surface area contributed by atoms with Crippen LogP contribution in [0.5, 0.6) is 0 Å². The van der Waals surface area contributed by atoms with E-state index in [2.05, 4.69) is 5.32 Å². The zero-order chi connectivity index (χ0) is 14.1. The normalized spacial score (nSPS) is 10.9. The molecule has 0 spiro atoms. The van der Waals surface area contributed by atoms with Gasteiger partial charge in [-0.25, -0.2) is 4.79 Å². The second-order valence-corrected chi connectivity index (χ2v) is 4.14. The summed E-state index contributed by atoms with van der Waals surface area (Å²) in [4.78, 5) is 23.0. The lowest BCUT2D eigenvalue weighted by molar-refractivity contribution is -0.140. The minimum absolute atomic E-state index is 0.162. The van der Waals surface area contributed by atoms with Crippen molar-refractivity contribution in [2.45, 2.75) is 26.7 Å². The van der Waals surface area contributed by atoms with Crippen LogP contribution in [-0.4, -0.2) is 18.5 Å². The lowest BCUT2D eigenvalue weighted by Gasteiger charge is -2.08. The third-order valence-corrected chi connectivity index (χ3v) is 2.37. The molecule has 1 amide bonds. The molecule has 0 aromatic heterocycles. The van der Waals surface area contributed by atoms with Crippen LogP contribution in [0.25, 0.3) is 6.08 Å². The van der Waals surface area contributed by atoms with Gasteiger partial charge in [0.05, 0.1) is 6.61 Å². The lowest BCUT2D eigenvalue weighted by Crippen LogP contribution is -2.26. The van der Waals surface area contributed by atoms with Gasteiger partial charge in [-0.05, 0) is 18.1 Å². The molecule has 0 unspecified atom stereocenters. The fraction of sp³-hybridized carbons (Fsp3) is 0.333. The fourth-order valence-electron chi connectivity index (χ4n) is 1.44. The van der Waals surface area contributed by atoms with E-state index in [1.165, 1.54) is 6.92 Å². The molecular weight excluding hydrogens is 242 g/mol. The maximum atomic E-state index is 11.9. The summed E-state index contributed by atoms with van der Waals surface area (Å²) in [7, 11) is 0. The van der Waals surface area contributed by atoms with Gasteiger partial charge in [-0.2, -0.15) is 0 Å². The van der Waals surface area contributed by atoms with Crippen LogP contribution in [0.15, 0.2) is 36.0 Å². The average Bonchev–Trinajstić information content (AvgIpc) is 2.39. The van der Waals surface area contributed by atoms with Gasteiger partial charge >= 0.3 is 5.97 Å². The van der Waals surface area contributed by atoms with Gasteiger partial charge < -0.3 is 10.1 Å². The number of esters is 1. The van der Waals surface area contributed by atoms with Crippen LogP contribution in [0.1, 0.15) is 32.3 Å². The summed E-state index contributed by atoms with van der Waals surface area (Å²) in [6.45, 7) is 3.74. The van der Waals surface area contributed by atoms with Crippen LogP contribution < -0.4 is 5.32 Å². The van der Waals surface area contributed by atoms with Gasteiger partial charge in [-0.1, -0.05) is 43.7 Å². The van der Waals surface area contributed by atoms with E-state index in [1.807, 2.05) is 37.3 Å². The first-order valence-corrected chi connectivity index (χ1v) is 6.35. The summed E-state index contributed by atoms with van der Waals surface area (Å²) in [6.07, 6.45) is 3.37. The molecule has 4 nitrogen and oxygen atoms in total. The van der Waals surface area contributed by atoms with E-state index in [-0.39, 0.29) is 11.6 Å². The third-order valence-electron chi connectivity index (χ3n) is 2.37. The van der Waals surface area contributed by atoms with Gasteiger partial charge in [0.25, 0.3) is 0 Å². The topological polar surface area (TPSA) is 55.4 Å². The van der Waals surface area contributed by atoms with Gasteiger partial charge in [0.15, 0.2) is 0 Å². The summed E-state index contributed by atoms with van der Waals surface area (Å²) in [5.41, 5.74) is 0.994. The largest absolute Gasteiger partial charge is 0.461 e. The van der Waals surface area contributed by atoms with Crippen molar-refractivity contribution in [3.63, 3.8) is 0 Å². The molecule has 1 aromatic carbocycles. The number of unbranched alkanes of at least 4 members (excludes halogenated alkanes) is 1. The number of rotatable bonds is 6. The van der Waals surface area contributed by atoms with E-state index in [0.29, 0.717) is 6.61 Å². The van der Waals surface area contributed by atoms with Gasteiger partial charge in [0.1, 0.15) is 5.70 Å². The molecule has 0 saturated heterocycles. The Hall–Kier alpha value is -2.10. The molecule has 0 heterocycles. The average molecular weight is 261 g/mol. The van der Waals surface area contributed by atoms with Crippen LogP contribution in [0.2, 0.25) is 0 Å². The third kappa shape index (κ3) is 5.86. The first kappa shape index (κ1) is 15.0. The van der Waals surface area contributed by atoms with Gasteiger partial charge in [-0.15, -0.1) is 0 Å². The van der Waals surface area contributed by atoms with Crippen molar-refractivity contribution in [1.29, 1.82) is 0 Å². The maximum Gasteiger partial charge on any atom is 0.354 e. The molecule has 0 aliphatic carbocycles. The van der Waals surface area contributed by atoms with E-state index < -0.39 is 5.97 Å². The lowest BCUT2D eigenvalue weighted by atomic mass is 10.2. The van der Waals surface area contributed by atoms with Crippen molar-refractivity contribution in [2.75, 3.05) is 6.61 Å². The van der Waals surface area contributed by atoms with Crippen molar-refractivity contribution >= 4 is 18.0 Å². The van der Waals surface area contributed by atoms with Crippen molar-refractivity contribution < 1.29 is 14.3 Å². The van der Waals surface area contributed by atoms with Crippen molar-refractivity contribution in [3.8, 4) is 0 Å².